The molecular formula is C28H28N2O5. The molecule has 7 heteroatoms. The molecule has 35 heavy (non-hydrogen) atoms. The fourth-order valence-electron chi connectivity index (χ4n) is 4.64. The first-order valence-electron chi connectivity index (χ1n) is 11.5. The van der Waals surface area contributed by atoms with E-state index in [0.29, 0.717) is 42.5 Å². The number of rotatable bonds is 7. The van der Waals surface area contributed by atoms with E-state index in [2.05, 4.69) is 4.98 Å². The Bertz CT molecular complexity index is 1310. The van der Waals surface area contributed by atoms with Crippen LogP contribution in [0.1, 0.15) is 27.7 Å². The van der Waals surface area contributed by atoms with Gasteiger partial charge < -0.3 is 28.8 Å². The highest BCUT2D eigenvalue weighted by Crippen LogP contribution is 2.39. The highest BCUT2D eigenvalue weighted by atomic mass is 16.5. The maximum Gasteiger partial charge on any atom is 0.270 e. The van der Waals surface area contributed by atoms with Crippen molar-refractivity contribution in [3.05, 3.63) is 83.6 Å². The van der Waals surface area contributed by atoms with Crippen LogP contribution in [0.15, 0.2) is 66.7 Å². The topological polar surface area (TPSA) is 73.0 Å². The molecule has 1 atom stereocenters. The summed E-state index contributed by atoms with van der Waals surface area (Å²) in [6, 6.07) is 20.9. The summed E-state index contributed by atoms with van der Waals surface area (Å²) >= 11 is 0. The van der Waals surface area contributed by atoms with Crippen molar-refractivity contribution in [2.45, 2.75) is 12.5 Å². The summed E-state index contributed by atoms with van der Waals surface area (Å²) in [5.74, 6) is 2.70. The van der Waals surface area contributed by atoms with Gasteiger partial charge in [-0.2, -0.15) is 0 Å². The molecule has 0 spiro atoms. The van der Waals surface area contributed by atoms with Crippen LogP contribution in [0.25, 0.3) is 10.9 Å². The standard InChI is InChI=1S/C28H28N2O5/c1-32-20-8-10-21(11-9-20)35-17-25-22-16-27(34-3)26(33-2)15-18(22)12-13-30(25)28(31)24-14-19-6-4-5-7-23(19)29-24/h4-11,14-16,25,29H,12-13,17H2,1-3H3. The minimum atomic E-state index is -0.306. The quantitative estimate of drug-likeness (QED) is 0.409. The molecule has 0 saturated heterocycles. The van der Waals surface area contributed by atoms with Gasteiger partial charge >= 0.3 is 0 Å². The third kappa shape index (κ3) is 4.37. The number of hydrogen-bond acceptors (Lipinski definition) is 5. The van der Waals surface area contributed by atoms with Crippen molar-refractivity contribution in [3.63, 3.8) is 0 Å². The Morgan fingerprint density at radius 1 is 0.914 bits per heavy atom. The highest BCUT2D eigenvalue weighted by molar-refractivity contribution is 5.98. The third-order valence-corrected chi connectivity index (χ3v) is 6.49. The minimum Gasteiger partial charge on any atom is -0.497 e. The average Bonchev–Trinajstić information content (AvgIpc) is 3.35. The van der Waals surface area contributed by atoms with E-state index in [-0.39, 0.29) is 11.9 Å². The first kappa shape index (κ1) is 22.7. The number of carbonyl (C=O) groups excluding carboxylic acids is 1. The Kier molecular flexibility index (Phi) is 6.23. The van der Waals surface area contributed by atoms with Gasteiger partial charge in [-0.05, 0) is 66.1 Å². The fraction of sp³-hybridized carbons (Fsp3) is 0.250. The average molecular weight is 473 g/mol. The molecule has 1 aromatic heterocycles. The van der Waals surface area contributed by atoms with Crippen molar-refractivity contribution in [2.75, 3.05) is 34.5 Å². The van der Waals surface area contributed by atoms with Gasteiger partial charge in [0.25, 0.3) is 5.91 Å². The SMILES string of the molecule is COc1ccc(OCC2c3cc(OC)c(OC)cc3CCN2C(=O)c2cc3ccccc3[nH]2)cc1. The zero-order valence-corrected chi connectivity index (χ0v) is 20.0. The van der Waals surface area contributed by atoms with Crippen LogP contribution in [0.3, 0.4) is 0 Å². The summed E-state index contributed by atoms with van der Waals surface area (Å²) in [6.07, 6.45) is 0.709. The van der Waals surface area contributed by atoms with Gasteiger partial charge in [0.05, 0.1) is 27.4 Å². The first-order chi connectivity index (χ1) is 17.1. The Balaban J connectivity index is 1.50. The number of nitrogens with one attached hydrogen (secondary N) is 1. The lowest BCUT2D eigenvalue weighted by molar-refractivity contribution is 0.0584. The second-order valence-corrected chi connectivity index (χ2v) is 8.43. The lowest BCUT2D eigenvalue weighted by Gasteiger charge is -2.37. The highest BCUT2D eigenvalue weighted by Gasteiger charge is 2.34. The van der Waals surface area contributed by atoms with Crippen LogP contribution in [-0.4, -0.2) is 50.3 Å². The number of ether oxygens (including phenoxy) is 4. The van der Waals surface area contributed by atoms with E-state index >= 15 is 0 Å². The fourth-order valence-corrected chi connectivity index (χ4v) is 4.64. The molecule has 1 aliphatic heterocycles. The summed E-state index contributed by atoms with van der Waals surface area (Å²) in [4.78, 5) is 18.9. The third-order valence-electron chi connectivity index (χ3n) is 6.49. The smallest absolute Gasteiger partial charge is 0.270 e. The monoisotopic (exact) mass is 472 g/mol. The van der Waals surface area contributed by atoms with Gasteiger partial charge in [0, 0.05) is 17.4 Å². The van der Waals surface area contributed by atoms with E-state index in [4.69, 9.17) is 18.9 Å². The van der Waals surface area contributed by atoms with E-state index in [1.807, 2.05) is 71.6 Å². The van der Waals surface area contributed by atoms with Gasteiger partial charge in [0.15, 0.2) is 11.5 Å². The Morgan fingerprint density at radius 3 is 2.34 bits per heavy atom. The minimum absolute atomic E-state index is 0.0648. The molecule has 0 saturated carbocycles. The molecule has 1 aliphatic rings. The Hall–Kier alpha value is -4.13. The normalized spacial score (nSPS) is 14.9. The van der Waals surface area contributed by atoms with E-state index in [9.17, 15) is 4.79 Å². The molecule has 0 bridgehead atoms. The second-order valence-electron chi connectivity index (χ2n) is 8.43. The molecule has 1 N–H and O–H groups in total. The van der Waals surface area contributed by atoms with Gasteiger partial charge in [0.2, 0.25) is 0 Å². The van der Waals surface area contributed by atoms with Gasteiger partial charge in [0.1, 0.15) is 23.8 Å². The number of aromatic nitrogens is 1. The van der Waals surface area contributed by atoms with Crippen molar-refractivity contribution < 1.29 is 23.7 Å². The molecule has 2 heterocycles. The number of para-hydroxylation sites is 1. The lowest BCUT2D eigenvalue weighted by atomic mass is 9.91. The zero-order valence-electron chi connectivity index (χ0n) is 20.0. The molecule has 0 fully saturated rings. The summed E-state index contributed by atoms with van der Waals surface area (Å²) in [7, 11) is 4.87. The predicted molar refractivity (Wildman–Crippen MR) is 134 cm³/mol. The van der Waals surface area contributed by atoms with Crippen molar-refractivity contribution in [1.82, 2.24) is 9.88 Å². The van der Waals surface area contributed by atoms with E-state index in [1.165, 1.54) is 0 Å². The summed E-state index contributed by atoms with van der Waals surface area (Å²) in [5, 5.41) is 1.01. The largest absolute Gasteiger partial charge is 0.497 e. The molecule has 3 aromatic carbocycles. The van der Waals surface area contributed by atoms with E-state index < -0.39 is 0 Å². The number of amides is 1. The number of methoxy groups -OCH3 is 3. The van der Waals surface area contributed by atoms with E-state index in [0.717, 1.165) is 27.8 Å². The van der Waals surface area contributed by atoms with Crippen LogP contribution < -0.4 is 18.9 Å². The second kappa shape index (κ2) is 9.62. The maximum atomic E-state index is 13.7. The number of hydrogen-bond donors (Lipinski definition) is 1. The van der Waals surface area contributed by atoms with Crippen molar-refractivity contribution in [2.24, 2.45) is 0 Å². The molecule has 0 radical (unpaired) electrons. The van der Waals surface area contributed by atoms with Gasteiger partial charge in [-0.15, -0.1) is 0 Å². The summed E-state index contributed by atoms with van der Waals surface area (Å²) in [5.41, 5.74) is 3.61. The molecule has 5 rings (SSSR count). The molecule has 4 aromatic rings. The van der Waals surface area contributed by atoms with Crippen LogP contribution in [0.5, 0.6) is 23.0 Å². The molecule has 1 unspecified atom stereocenters. The van der Waals surface area contributed by atoms with Crippen LogP contribution in [0, 0.1) is 0 Å². The van der Waals surface area contributed by atoms with Gasteiger partial charge in [-0.3, -0.25) is 4.79 Å². The zero-order chi connectivity index (χ0) is 24.4. The maximum absolute atomic E-state index is 13.7. The molecule has 180 valence electrons. The number of nitrogens with zero attached hydrogens (tertiary/aromatic N) is 1. The van der Waals surface area contributed by atoms with E-state index in [1.54, 1.807) is 21.3 Å². The number of H-pyrrole nitrogens is 1. The predicted octanol–water partition coefficient (Wildman–Crippen LogP) is 5.01. The Morgan fingerprint density at radius 2 is 1.63 bits per heavy atom. The van der Waals surface area contributed by atoms with Crippen molar-refractivity contribution in [3.8, 4) is 23.0 Å². The van der Waals surface area contributed by atoms with Crippen LogP contribution >= 0.6 is 0 Å². The Labute approximate surface area is 204 Å². The number of carbonyl (C=O) groups is 1. The molecular weight excluding hydrogens is 444 g/mol. The molecule has 7 nitrogen and oxygen atoms in total. The molecule has 0 aliphatic carbocycles. The lowest BCUT2D eigenvalue weighted by Crippen LogP contribution is -2.42. The number of benzene rings is 3. The van der Waals surface area contributed by atoms with Crippen molar-refractivity contribution in [1.29, 1.82) is 0 Å². The van der Waals surface area contributed by atoms with Crippen LogP contribution in [-0.2, 0) is 6.42 Å². The van der Waals surface area contributed by atoms with Crippen LogP contribution in [0.4, 0.5) is 0 Å². The summed E-state index contributed by atoms with van der Waals surface area (Å²) in [6.45, 7) is 0.855. The number of fused-ring (bicyclic) bond motifs is 2. The van der Waals surface area contributed by atoms with Crippen LogP contribution in [0.2, 0.25) is 0 Å². The summed E-state index contributed by atoms with van der Waals surface area (Å²) < 4.78 is 22.5. The van der Waals surface area contributed by atoms with Gasteiger partial charge in [-0.25, -0.2) is 0 Å². The van der Waals surface area contributed by atoms with Crippen molar-refractivity contribution >= 4 is 16.8 Å². The first-order valence-corrected chi connectivity index (χ1v) is 11.5. The number of aromatic amines is 1. The molecule has 1 amide bonds. The van der Waals surface area contributed by atoms with Gasteiger partial charge in [-0.1, -0.05) is 18.2 Å².